The van der Waals surface area contributed by atoms with E-state index >= 15 is 0 Å². The summed E-state index contributed by atoms with van der Waals surface area (Å²) < 4.78 is 52.8. The van der Waals surface area contributed by atoms with Crippen molar-refractivity contribution in [3.8, 4) is 11.4 Å². The summed E-state index contributed by atoms with van der Waals surface area (Å²) in [4.78, 5) is 12.2. The molecule has 0 bridgehead atoms. The lowest BCUT2D eigenvalue weighted by molar-refractivity contribution is -0.160. The first-order valence-electron chi connectivity index (χ1n) is 6.76. The number of amides is 1. The summed E-state index contributed by atoms with van der Waals surface area (Å²) in [6, 6.07) is 4.34. The van der Waals surface area contributed by atoms with Crippen LogP contribution in [0.3, 0.4) is 0 Å². The van der Waals surface area contributed by atoms with Crippen molar-refractivity contribution in [3.63, 3.8) is 0 Å². The molecule has 0 saturated carbocycles. The van der Waals surface area contributed by atoms with E-state index in [2.05, 4.69) is 25.5 Å². The number of nitrogens with zero attached hydrogens (tertiary/aromatic N) is 4. The van der Waals surface area contributed by atoms with Crippen LogP contribution < -0.4 is 5.32 Å². The second kappa shape index (κ2) is 7.23. The molecular weight excluding hydrogens is 334 g/mol. The van der Waals surface area contributed by atoms with Crippen molar-refractivity contribution in [2.75, 3.05) is 13.2 Å². The molecule has 24 heavy (non-hydrogen) atoms. The van der Waals surface area contributed by atoms with Crippen LogP contribution in [0.25, 0.3) is 11.4 Å². The van der Waals surface area contributed by atoms with Gasteiger partial charge in [0.15, 0.2) is 6.61 Å². The highest BCUT2D eigenvalue weighted by molar-refractivity contribution is 5.67. The summed E-state index contributed by atoms with van der Waals surface area (Å²) in [5, 5.41) is 13.7. The van der Waals surface area contributed by atoms with E-state index in [9.17, 15) is 22.4 Å². The number of hydrogen-bond acceptors (Lipinski definition) is 5. The van der Waals surface area contributed by atoms with Crippen LogP contribution in [0.15, 0.2) is 18.2 Å². The molecule has 7 nitrogen and oxygen atoms in total. The fraction of sp³-hybridized carbons (Fsp3) is 0.385. The molecule has 0 aliphatic rings. The average molecular weight is 347 g/mol. The van der Waals surface area contributed by atoms with E-state index in [1.807, 2.05) is 0 Å². The highest BCUT2D eigenvalue weighted by atomic mass is 19.4. The lowest BCUT2D eigenvalue weighted by Gasteiger charge is -2.08. The molecule has 0 saturated heterocycles. The van der Waals surface area contributed by atoms with E-state index in [0.29, 0.717) is 11.1 Å². The molecule has 1 amide bonds. The Hall–Kier alpha value is -2.72. The molecule has 0 radical (unpaired) electrons. The summed E-state index contributed by atoms with van der Waals surface area (Å²) in [6.07, 6.45) is -5.77. The quantitative estimate of drug-likeness (QED) is 0.838. The number of tetrazole rings is 1. The molecular formula is C13H13F4N5O2. The molecule has 2 aromatic rings. The van der Waals surface area contributed by atoms with Crippen LogP contribution in [-0.4, -0.2) is 45.6 Å². The van der Waals surface area contributed by atoms with Gasteiger partial charge in [0.25, 0.3) is 0 Å². The Morgan fingerprint density at radius 1 is 1.38 bits per heavy atom. The smallest absolute Gasteiger partial charge is 0.422 e. The van der Waals surface area contributed by atoms with Crippen LogP contribution in [0, 0.1) is 12.7 Å². The van der Waals surface area contributed by atoms with Gasteiger partial charge in [-0.05, 0) is 35.9 Å². The van der Waals surface area contributed by atoms with Crippen molar-refractivity contribution in [1.82, 2.24) is 25.5 Å². The van der Waals surface area contributed by atoms with Gasteiger partial charge in [0.2, 0.25) is 5.82 Å². The SMILES string of the molecule is Cc1cc(-c2nnn(CCNC(=O)OCC(F)(F)F)n2)ccc1F. The predicted octanol–water partition coefficient (Wildman–Crippen LogP) is 2.08. The largest absolute Gasteiger partial charge is 0.440 e. The van der Waals surface area contributed by atoms with Crippen LogP contribution in [0.5, 0.6) is 0 Å². The van der Waals surface area contributed by atoms with Crippen LogP contribution in [-0.2, 0) is 11.3 Å². The molecule has 1 N–H and O–H groups in total. The average Bonchev–Trinajstić information content (AvgIpc) is 2.96. The van der Waals surface area contributed by atoms with E-state index in [-0.39, 0.29) is 24.7 Å². The zero-order valence-corrected chi connectivity index (χ0v) is 12.5. The lowest BCUT2D eigenvalue weighted by Crippen LogP contribution is -2.31. The second-order valence-corrected chi connectivity index (χ2v) is 4.79. The van der Waals surface area contributed by atoms with Crippen molar-refractivity contribution in [1.29, 1.82) is 0 Å². The van der Waals surface area contributed by atoms with E-state index < -0.39 is 18.9 Å². The molecule has 11 heteroatoms. The lowest BCUT2D eigenvalue weighted by atomic mass is 10.1. The topological polar surface area (TPSA) is 81.9 Å². The Balaban J connectivity index is 1.83. The van der Waals surface area contributed by atoms with Gasteiger partial charge in [-0.1, -0.05) is 0 Å². The number of ether oxygens (including phenoxy) is 1. The minimum atomic E-state index is -4.58. The number of halogens is 4. The van der Waals surface area contributed by atoms with Gasteiger partial charge in [0, 0.05) is 12.1 Å². The standard InChI is InChI=1S/C13H13F4N5O2/c1-8-6-9(2-3-10(8)14)11-19-21-22(20-11)5-4-18-12(23)24-7-13(15,16)17/h2-3,6H,4-5,7H2,1H3,(H,18,23). The number of rotatable bonds is 5. The van der Waals surface area contributed by atoms with E-state index in [4.69, 9.17) is 0 Å². The maximum Gasteiger partial charge on any atom is 0.422 e. The highest BCUT2D eigenvalue weighted by Gasteiger charge is 2.29. The van der Waals surface area contributed by atoms with Crippen LogP contribution in [0.4, 0.5) is 22.4 Å². The number of hydrogen-bond donors (Lipinski definition) is 1. The third-order valence-corrected chi connectivity index (χ3v) is 2.82. The Bertz CT molecular complexity index is 717. The van der Waals surface area contributed by atoms with Crippen LogP contribution in [0.2, 0.25) is 0 Å². The summed E-state index contributed by atoms with van der Waals surface area (Å²) in [5.41, 5.74) is 0.996. The van der Waals surface area contributed by atoms with Crippen LogP contribution in [0.1, 0.15) is 5.56 Å². The maximum atomic E-state index is 13.2. The third kappa shape index (κ3) is 5.18. The van der Waals surface area contributed by atoms with Gasteiger partial charge in [-0.2, -0.15) is 18.0 Å². The molecule has 0 unspecified atom stereocenters. The molecule has 1 aromatic heterocycles. The van der Waals surface area contributed by atoms with Crippen molar-refractivity contribution in [2.24, 2.45) is 0 Å². The fourth-order valence-electron chi connectivity index (χ4n) is 1.69. The van der Waals surface area contributed by atoms with Gasteiger partial charge in [-0.15, -0.1) is 10.2 Å². The molecule has 2 rings (SSSR count). The monoisotopic (exact) mass is 347 g/mol. The van der Waals surface area contributed by atoms with Crippen LogP contribution >= 0.6 is 0 Å². The van der Waals surface area contributed by atoms with Crippen molar-refractivity contribution in [3.05, 3.63) is 29.6 Å². The number of aryl methyl sites for hydroxylation is 1. The Kier molecular flexibility index (Phi) is 5.31. The number of alkyl carbamates (subject to hydrolysis) is 1. The van der Waals surface area contributed by atoms with Crippen molar-refractivity contribution in [2.45, 2.75) is 19.6 Å². The maximum absolute atomic E-state index is 13.2. The zero-order chi connectivity index (χ0) is 17.7. The highest BCUT2D eigenvalue weighted by Crippen LogP contribution is 2.17. The summed E-state index contributed by atoms with van der Waals surface area (Å²) in [6.45, 7) is -0.0303. The Morgan fingerprint density at radius 2 is 2.12 bits per heavy atom. The van der Waals surface area contributed by atoms with Gasteiger partial charge < -0.3 is 10.1 Å². The van der Waals surface area contributed by atoms with Crippen molar-refractivity contribution >= 4 is 6.09 Å². The van der Waals surface area contributed by atoms with Gasteiger partial charge in [-0.3, -0.25) is 0 Å². The molecule has 0 aliphatic heterocycles. The molecule has 0 spiro atoms. The minimum Gasteiger partial charge on any atom is -0.440 e. The molecule has 0 atom stereocenters. The van der Waals surface area contributed by atoms with Gasteiger partial charge >= 0.3 is 12.3 Å². The Morgan fingerprint density at radius 3 is 2.79 bits per heavy atom. The van der Waals surface area contributed by atoms with E-state index in [1.54, 1.807) is 13.0 Å². The van der Waals surface area contributed by atoms with E-state index in [0.717, 1.165) is 4.80 Å². The first-order chi connectivity index (χ1) is 11.2. The third-order valence-electron chi connectivity index (χ3n) is 2.82. The zero-order valence-electron chi connectivity index (χ0n) is 12.5. The molecule has 130 valence electrons. The summed E-state index contributed by atoms with van der Waals surface area (Å²) >= 11 is 0. The minimum absolute atomic E-state index is 0.0467. The summed E-state index contributed by atoms with van der Waals surface area (Å²) in [5.74, 6) is -0.0922. The number of nitrogens with one attached hydrogen (secondary N) is 1. The number of aromatic nitrogens is 4. The van der Waals surface area contributed by atoms with Gasteiger partial charge in [0.05, 0.1) is 6.54 Å². The fourth-order valence-corrected chi connectivity index (χ4v) is 1.69. The Labute approximate surface area is 133 Å². The molecule has 1 aromatic carbocycles. The van der Waals surface area contributed by atoms with Gasteiger partial charge in [-0.25, -0.2) is 9.18 Å². The molecule has 0 aliphatic carbocycles. The number of benzene rings is 1. The number of carbonyl (C=O) groups excluding carboxylic acids is 1. The first-order valence-corrected chi connectivity index (χ1v) is 6.76. The molecule has 0 fully saturated rings. The van der Waals surface area contributed by atoms with Gasteiger partial charge in [0.1, 0.15) is 5.82 Å². The second-order valence-electron chi connectivity index (χ2n) is 4.79. The normalized spacial score (nSPS) is 11.4. The number of alkyl halides is 3. The predicted molar refractivity (Wildman–Crippen MR) is 73.4 cm³/mol. The first kappa shape index (κ1) is 17.6. The number of carbonyl (C=O) groups is 1. The summed E-state index contributed by atoms with van der Waals surface area (Å²) in [7, 11) is 0. The molecule has 1 heterocycles. The van der Waals surface area contributed by atoms with E-state index in [1.165, 1.54) is 12.1 Å². The van der Waals surface area contributed by atoms with Crippen molar-refractivity contribution < 1.29 is 27.1 Å².